The van der Waals surface area contributed by atoms with E-state index in [0.29, 0.717) is 11.4 Å². The molecule has 0 radical (unpaired) electrons. The number of benzene rings is 2. The zero-order valence-electron chi connectivity index (χ0n) is 13.4. The van der Waals surface area contributed by atoms with Crippen molar-refractivity contribution in [3.8, 4) is 0 Å². The Morgan fingerprint density at radius 3 is 1.76 bits per heavy atom. The molecule has 0 bridgehead atoms. The van der Waals surface area contributed by atoms with Crippen LogP contribution in [-0.2, 0) is 19.4 Å². The van der Waals surface area contributed by atoms with Crippen LogP contribution in [0.15, 0.2) is 58.3 Å². The number of nitrogens with one attached hydrogen (secondary N) is 2. The zero-order chi connectivity index (χ0) is 18.4. The predicted molar refractivity (Wildman–Crippen MR) is 92.0 cm³/mol. The van der Waals surface area contributed by atoms with E-state index in [1.807, 2.05) is 0 Å². The maximum atomic E-state index is 12.6. The molecule has 0 aliphatic rings. The molecule has 2 aromatic rings. The number of urea groups is 1. The molecule has 0 aliphatic carbocycles. The molecule has 2 aromatic carbocycles. The Morgan fingerprint density at radius 1 is 0.920 bits per heavy atom. The number of primary amides is 1. The van der Waals surface area contributed by atoms with Crippen molar-refractivity contribution in [2.45, 2.75) is 9.79 Å². The quantitative estimate of drug-likeness (QED) is 0.718. The third kappa shape index (κ3) is 4.78. The summed E-state index contributed by atoms with van der Waals surface area (Å²) >= 11 is 0. The van der Waals surface area contributed by atoms with Crippen molar-refractivity contribution in [3.63, 3.8) is 0 Å². The summed E-state index contributed by atoms with van der Waals surface area (Å²) < 4.78 is 29.9. The van der Waals surface area contributed by atoms with Crippen LogP contribution in [0.2, 0.25) is 0 Å². The number of methoxy groups -OCH3 is 1. The molecule has 2 rings (SSSR count). The minimum Gasteiger partial charge on any atom is -0.375 e. The van der Waals surface area contributed by atoms with Crippen LogP contribution in [0.5, 0.6) is 0 Å². The first kappa shape index (κ1) is 18.4. The Kier molecular flexibility index (Phi) is 5.73. The molecule has 0 atom stereocenters. The number of nitrogens with two attached hydrogens (primary N) is 1. The van der Waals surface area contributed by atoms with Crippen LogP contribution < -0.4 is 16.4 Å². The van der Waals surface area contributed by atoms with Crippen LogP contribution in [0.25, 0.3) is 0 Å². The van der Waals surface area contributed by atoms with Gasteiger partial charge in [0, 0.05) is 18.5 Å². The number of amides is 3. The van der Waals surface area contributed by atoms with Gasteiger partial charge in [0.15, 0.2) is 0 Å². The number of ether oxygens (including phenoxy) is 1. The van der Waals surface area contributed by atoms with Crippen LogP contribution >= 0.6 is 0 Å². The molecule has 4 N–H and O–H groups in total. The number of carbonyl (C=O) groups excluding carboxylic acids is 2. The monoisotopic (exact) mass is 363 g/mol. The van der Waals surface area contributed by atoms with Crippen molar-refractivity contribution in [2.75, 3.05) is 24.4 Å². The molecule has 9 heteroatoms. The summed E-state index contributed by atoms with van der Waals surface area (Å²) in [4.78, 5) is 22.4. The van der Waals surface area contributed by atoms with Gasteiger partial charge in [-0.25, -0.2) is 13.2 Å². The molecule has 0 heterocycles. The number of carbonyl (C=O) groups is 2. The lowest BCUT2D eigenvalue weighted by Crippen LogP contribution is -2.19. The van der Waals surface area contributed by atoms with E-state index in [4.69, 9.17) is 10.5 Å². The first-order valence-corrected chi connectivity index (χ1v) is 8.61. The molecular weight excluding hydrogens is 346 g/mol. The maximum Gasteiger partial charge on any atom is 0.316 e. The summed E-state index contributed by atoms with van der Waals surface area (Å²) in [5.41, 5.74) is 5.85. The summed E-state index contributed by atoms with van der Waals surface area (Å²) in [6.07, 6.45) is 0. The first-order valence-electron chi connectivity index (χ1n) is 7.13. The fourth-order valence-corrected chi connectivity index (χ4v) is 3.30. The summed E-state index contributed by atoms with van der Waals surface area (Å²) in [5.74, 6) is -0.337. The molecule has 8 nitrogen and oxygen atoms in total. The summed E-state index contributed by atoms with van der Waals surface area (Å²) in [6.45, 7) is -0.0915. The van der Waals surface area contributed by atoms with Gasteiger partial charge in [0.1, 0.15) is 6.61 Å². The van der Waals surface area contributed by atoms with Crippen molar-refractivity contribution < 1.29 is 22.7 Å². The molecule has 0 aliphatic heterocycles. The predicted octanol–water partition coefficient (Wildman–Crippen LogP) is 1.59. The Labute approximate surface area is 144 Å². The number of hydrogen-bond acceptors (Lipinski definition) is 5. The van der Waals surface area contributed by atoms with E-state index in [2.05, 4.69) is 10.6 Å². The van der Waals surface area contributed by atoms with Gasteiger partial charge in [-0.2, -0.15) is 0 Å². The van der Waals surface area contributed by atoms with E-state index in [1.165, 1.54) is 55.6 Å². The van der Waals surface area contributed by atoms with E-state index in [0.717, 1.165) is 0 Å². The molecular formula is C16H17N3O5S. The Bertz CT molecular complexity index is 862. The highest BCUT2D eigenvalue weighted by atomic mass is 32.2. The second-order valence-electron chi connectivity index (χ2n) is 5.02. The van der Waals surface area contributed by atoms with Gasteiger partial charge < -0.3 is 21.1 Å². The average Bonchev–Trinajstić information content (AvgIpc) is 2.55. The highest BCUT2D eigenvalue weighted by Crippen LogP contribution is 2.23. The second-order valence-corrected chi connectivity index (χ2v) is 6.97. The molecule has 0 saturated carbocycles. The van der Waals surface area contributed by atoms with Crippen LogP contribution in [0.1, 0.15) is 0 Å². The van der Waals surface area contributed by atoms with Crippen molar-refractivity contribution in [2.24, 2.45) is 5.73 Å². The number of hydrogen-bond donors (Lipinski definition) is 3. The summed E-state index contributed by atoms with van der Waals surface area (Å²) in [6, 6.07) is 10.7. The zero-order valence-corrected chi connectivity index (χ0v) is 14.2. The normalized spacial score (nSPS) is 10.9. The fraction of sp³-hybridized carbons (Fsp3) is 0.125. The van der Waals surface area contributed by atoms with Gasteiger partial charge in [-0.3, -0.25) is 4.79 Å². The first-order chi connectivity index (χ1) is 11.8. The lowest BCUT2D eigenvalue weighted by molar-refractivity contribution is -0.119. The minimum atomic E-state index is -3.72. The van der Waals surface area contributed by atoms with E-state index < -0.39 is 15.9 Å². The number of rotatable bonds is 6. The average molecular weight is 363 g/mol. The second kappa shape index (κ2) is 7.77. The molecule has 0 spiro atoms. The molecule has 132 valence electrons. The molecule has 0 fully saturated rings. The minimum absolute atomic E-state index is 0.0682. The molecule has 0 unspecified atom stereocenters. The van der Waals surface area contributed by atoms with Gasteiger partial charge in [0.2, 0.25) is 15.7 Å². The lowest BCUT2D eigenvalue weighted by atomic mass is 10.3. The third-order valence-electron chi connectivity index (χ3n) is 3.16. The van der Waals surface area contributed by atoms with E-state index in [-0.39, 0.29) is 22.3 Å². The van der Waals surface area contributed by atoms with Crippen LogP contribution in [0, 0.1) is 0 Å². The van der Waals surface area contributed by atoms with Gasteiger partial charge >= 0.3 is 6.03 Å². The van der Waals surface area contributed by atoms with Crippen molar-refractivity contribution in [3.05, 3.63) is 48.5 Å². The Morgan fingerprint density at radius 2 is 1.36 bits per heavy atom. The van der Waals surface area contributed by atoms with E-state index in [1.54, 1.807) is 0 Å². The van der Waals surface area contributed by atoms with Gasteiger partial charge in [-0.15, -0.1) is 0 Å². The number of sulfone groups is 1. The molecule has 3 amide bonds. The standard InChI is InChI=1S/C16H17N3O5S/c1-24-10-15(20)18-11-2-6-13(7-3-11)25(22,23)14-8-4-12(5-9-14)19-16(17)21/h2-9H,10H2,1H3,(H,18,20)(H3,17,19,21). The van der Waals surface area contributed by atoms with Crippen LogP contribution in [0.4, 0.5) is 16.2 Å². The van der Waals surface area contributed by atoms with Crippen molar-refractivity contribution >= 4 is 33.2 Å². The third-order valence-corrected chi connectivity index (χ3v) is 4.94. The van der Waals surface area contributed by atoms with Gasteiger partial charge in [0.25, 0.3) is 0 Å². The topological polar surface area (TPSA) is 128 Å². The van der Waals surface area contributed by atoms with Gasteiger partial charge in [-0.1, -0.05) is 0 Å². The van der Waals surface area contributed by atoms with Gasteiger partial charge in [-0.05, 0) is 48.5 Å². The smallest absolute Gasteiger partial charge is 0.316 e. The Balaban J connectivity index is 2.18. The highest BCUT2D eigenvalue weighted by Gasteiger charge is 2.17. The number of anilines is 2. The van der Waals surface area contributed by atoms with E-state index >= 15 is 0 Å². The Hall–Kier alpha value is -2.91. The maximum absolute atomic E-state index is 12.6. The fourth-order valence-electron chi connectivity index (χ4n) is 2.04. The van der Waals surface area contributed by atoms with Gasteiger partial charge in [0.05, 0.1) is 9.79 Å². The summed E-state index contributed by atoms with van der Waals surface area (Å²) in [5, 5.41) is 4.93. The largest absolute Gasteiger partial charge is 0.375 e. The van der Waals surface area contributed by atoms with Crippen LogP contribution in [-0.4, -0.2) is 34.1 Å². The molecule has 0 aromatic heterocycles. The van der Waals surface area contributed by atoms with Crippen molar-refractivity contribution in [1.82, 2.24) is 0 Å². The SMILES string of the molecule is COCC(=O)Nc1ccc(S(=O)(=O)c2ccc(NC(N)=O)cc2)cc1. The lowest BCUT2D eigenvalue weighted by Gasteiger charge is -2.08. The molecule has 25 heavy (non-hydrogen) atoms. The summed E-state index contributed by atoms with van der Waals surface area (Å²) in [7, 11) is -2.32. The van der Waals surface area contributed by atoms with E-state index in [9.17, 15) is 18.0 Å². The van der Waals surface area contributed by atoms with Crippen molar-refractivity contribution in [1.29, 1.82) is 0 Å². The van der Waals surface area contributed by atoms with Crippen LogP contribution in [0.3, 0.4) is 0 Å². The molecule has 0 saturated heterocycles. The highest BCUT2D eigenvalue weighted by molar-refractivity contribution is 7.91.